The van der Waals surface area contributed by atoms with Crippen LogP contribution in [0.5, 0.6) is 0 Å². The van der Waals surface area contributed by atoms with Gasteiger partial charge in [-0.05, 0) is 36.4 Å². The van der Waals surface area contributed by atoms with E-state index in [1.807, 2.05) is 6.07 Å². The Balaban J connectivity index is 1.54. The molecule has 152 valence electrons. The van der Waals surface area contributed by atoms with Crippen molar-refractivity contribution in [3.63, 3.8) is 0 Å². The second-order valence-corrected chi connectivity index (χ2v) is 6.82. The van der Waals surface area contributed by atoms with Crippen LogP contribution in [0.1, 0.15) is 5.56 Å². The molecule has 1 amide bonds. The van der Waals surface area contributed by atoms with Gasteiger partial charge in [-0.2, -0.15) is 5.26 Å². The Kier molecular flexibility index (Phi) is 5.45. The fourth-order valence-electron chi connectivity index (χ4n) is 3.44. The van der Waals surface area contributed by atoms with Gasteiger partial charge in [0.05, 0.1) is 22.3 Å². The number of pyridine rings is 1. The van der Waals surface area contributed by atoms with Crippen LogP contribution in [0.15, 0.2) is 77.6 Å². The predicted octanol–water partition coefficient (Wildman–Crippen LogP) is 3.21. The lowest BCUT2D eigenvalue weighted by Crippen LogP contribution is -2.24. The molecule has 7 heteroatoms. The van der Waals surface area contributed by atoms with Crippen molar-refractivity contribution in [1.82, 2.24) is 4.57 Å². The van der Waals surface area contributed by atoms with Crippen molar-refractivity contribution in [2.24, 2.45) is 0 Å². The van der Waals surface area contributed by atoms with Gasteiger partial charge >= 0.3 is 5.97 Å². The van der Waals surface area contributed by atoms with Crippen LogP contribution in [0.25, 0.3) is 21.8 Å². The second-order valence-electron chi connectivity index (χ2n) is 6.82. The quantitative estimate of drug-likeness (QED) is 0.401. The highest BCUT2D eigenvalue weighted by Gasteiger charge is 2.15. The van der Waals surface area contributed by atoms with Gasteiger partial charge in [-0.3, -0.25) is 14.4 Å². The molecule has 3 aromatic carbocycles. The summed E-state index contributed by atoms with van der Waals surface area (Å²) in [6, 6.07) is 22.6. The van der Waals surface area contributed by atoms with E-state index in [0.29, 0.717) is 33.1 Å². The smallest absolute Gasteiger partial charge is 0.326 e. The molecule has 0 spiro atoms. The van der Waals surface area contributed by atoms with E-state index < -0.39 is 18.5 Å². The van der Waals surface area contributed by atoms with E-state index in [0.717, 1.165) is 0 Å². The molecule has 1 heterocycles. The molecule has 0 aliphatic rings. The maximum Gasteiger partial charge on any atom is 0.326 e. The van der Waals surface area contributed by atoms with Gasteiger partial charge in [0.1, 0.15) is 12.6 Å². The molecule has 0 unspecified atom stereocenters. The first-order valence-corrected chi connectivity index (χ1v) is 9.53. The first-order valence-electron chi connectivity index (χ1n) is 9.53. The van der Waals surface area contributed by atoms with E-state index in [1.54, 1.807) is 77.4 Å². The maximum atomic E-state index is 12.8. The van der Waals surface area contributed by atoms with Gasteiger partial charge in [0.25, 0.3) is 5.91 Å². The number of amides is 1. The standard InChI is InChI=1S/C24H17N3O4/c25-13-16-7-1-4-10-19(16)26-22(28)15-31-23(29)14-27-20-11-5-2-8-17(20)24(30)18-9-3-6-12-21(18)27/h1-12H,14-15H2,(H,26,28). The minimum atomic E-state index is -0.623. The van der Waals surface area contributed by atoms with Crippen LogP contribution < -0.4 is 10.7 Å². The van der Waals surface area contributed by atoms with Gasteiger partial charge in [0.15, 0.2) is 12.0 Å². The number of hydrogen-bond donors (Lipinski definition) is 1. The highest BCUT2D eigenvalue weighted by Crippen LogP contribution is 2.19. The zero-order valence-electron chi connectivity index (χ0n) is 16.4. The van der Waals surface area contributed by atoms with E-state index in [4.69, 9.17) is 10.00 Å². The van der Waals surface area contributed by atoms with Crippen LogP contribution in [-0.4, -0.2) is 23.1 Å². The Morgan fingerprint density at radius 2 is 1.48 bits per heavy atom. The molecule has 0 bridgehead atoms. The number of benzene rings is 3. The van der Waals surface area contributed by atoms with Gasteiger partial charge in [0, 0.05) is 10.8 Å². The molecule has 7 nitrogen and oxygen atoms in total. The van der Waals surface area contributed by atoms with Gasteiger partial charge in [0.2, 0.25) is 0 Å². The molecule has 31 heavy (non-hydrogen) atoms. The number of anilines is 1. The molecule has 1 N–H and O–H groups in total. The second kappa shape index (κ2) is 8.51. The lowest BCUT2D eigenvalue weighted by Gasteiger charge is -2.14. The monoisotopic (exact) mass is 411 g/mol. The van der Waals surface area contributed by atoms with E-state index in [-0.39, 0.29) is 12.0 Å². The van der Waals surface area contributed by atoms with Gasteiger partial charge in [-0.15, -0.1) is 0 Å². The summed E-state index contributed by atoms with van der Waals surface area (Å²) in [5.41, 5.74) is 1.77. The summed E-state index contributed by atoms with van der Waals surface area (Å²) >= 11 is 0. The molecule has 1 aromatic heterocycles. The molecule has 0 saturated heterocycles. The fraction of sp³-hybridized carbons (Fsp3) is 0.0833. The molecule has 4 aromatic rings. The summed E-state index contributed by atoms with van der Waals surface area (Å²) in [6.07, 6.45) is 0. The Labute approximate surface area is 177 Å². The number of hydrogen-bond acceptors (Lipinski definition) is 5. The Bertz CT molecular complexity index is 1360. The normalized spacial score (nSPS) is 10.5. The van der Waals surface area contributed by atoms with Crippen LogP contribution in [0.2, 0.25) is 0 Å². The molecule has 0 radical (unpaired) electrons. The van der Waals surface area contributed by atoms with Gasteiger partial charge in [-0.1, -0.05) is 36.4 Å². The van der Waals surface area contributed by atoms with Crippen molar-refractivity contribution >= 4 is 39.4 Å². The molecule has 0 fully saturated rings. The van der Waals surface area contributed by atoms with Crippen molar-refractivity contribution in [1.29, 1.82) is 5.26 Å². The number of rotatable bonds is 5. The zero-order valence-corrected chi connectivity index (χ0v) is 16.4. The minimum Gasteiger partial charge on any atom is -0.454 e. The summed E-state index contributed by atoms with van der Waals surface area (Å²) in [7, 11) is 0. The van der Waals surface area contributed by atoms with E-state index in [1.165, 1.54) is 0 Å². The van der Waals surface area contributed by atoms with Crippen LogP contribution >= 0.6 is 0 Å². The third kappa shape index (κ3) is 4.00. The predicted molar refractivity (Wildman–Crippen MR) is 116 cm³/mol. The Morgan fingerprint density at radius 3 is 2.13 bits per heavy atom. The third-order valence-electron chi connectivity index (χ3n) is 4.85. The number of nitriles is 1. The Hall–Kier alpha value is -4.44. The molecule has 0 aliphatic heterocycles. The molecule has 4 rings (SSSR count). The van der Waals surface area contributed by atoms with Crippen molar-refractivity contribution in [2.45, 2.75) is 6.54 Å². The average Bonchev–Trinajstić information content (AvgIpc) is 2.81. The average molecular weight is 411 g/mol. The summed E-state index contributed by atoms with van der Waals surface area (Å²) in [6.45, 7) is -0.655. The minimum absolute atomic E-state index is 0.105. The summed E-state index contributed by atoms with van der Waals surface area (Å²) in [4.78, 5) is 37.4. The van der Waals surface area contributed by atoms with Crippen LogP contribution in [0.4, 0.5) is 5.69 Å². The number of carbonyl (C=O) groups excluding carboxylic acids is 2. The van der Waals surface area contributed by atoms with E-state index in [2.05, 4.69) is 5.32 Å². The molecule has 0 saturated carbocycles. The largest absolute Gasteiger partial charge is 0.454 e. The number of para-hydroxylation sites is 3. The Morgan fingerprint density at radius 1 is 0.903 bits per heavy atom. The number of esters is 1. The van der Waals surface area contributed by atoms with Crippen LogP contribution in [0, 0.1) is 11.3 Å². The van der Waals surface area contributed by atoms with Crippen molar-refractivity contribution < 1.29 is 14.3 Å². The maximum absolute atomic E-state index is 12.8. The third-order valence-corrected chi connectivity index (χ3v) is 4.85. The number of nitrogens with one attached hydrogen (secondary N) is 1. The van der Waals surface area contributed by atoms with Crippen molar-refractivity contribution in [2.75, 3.05) is 11.9 Å². The topological polar surface area (TPSA) is 101 Å². The van der Waals surface area contributed by atoms with Crippen LogP contribution in [-0.2, 0) is 20.9 Å². The highest BCUT2D eigenvalue weighted by molar-refractivity contribution is 5.96. The summed E-state index contributed by atoms with van der Waals surface area (Å²) < 4.78 is 6.85. The van der Waals surface area contributed by atoms with Crippen molar-refractivity contribution in [3.05, 3.63) is 88.6 Å². The molecular formula is C24H17N3O4. The molecular weight excluding hydrogens is 394 g/mol. The van der Waals surface area contributed by atoms with E-state index >= 15 is 0 Å². The number of nitrogens with zero attached hydrogens (tertiary/aromatic N) is 2. The lowest BCUT2D eigenvalue weighted by atomic mass is 10.1. The molecule has 0 atom stereocenters. The first kappa shape index (κ1) is 19.9. The van der Waals surface area contributed by atoms with Gasteiger partial charge in [-0.25, -0.2) is 0 Å². The summed E-state index contributed by atoms with van der Waals surface area (Å²) in [5.74, 6) is -1.17. The summed E-state index contributed by atoms with van der Waals surface area (Å²) in [5, 5.41) is 12.7. The SMILES string of the molecule is N#Cc1ccccc1NC(=O)COC(=O)Cn1c2ccccc2c(=O)c2ccccc21. The number of ether oxygens (including phenoxy) is 1. The first-order chi connectivity index (χ1) is 15.1. The number of carbonyl (C=O) groups is 2. The molecule has 0 aliphatic carbocycles. The van der Waals surface area contributed by atoms with E-state index in [9.17, 15) is 14.4 Å². The zero-order chi connectivity index (χ0) is 21.8. The number of fused-ring (bicyclic) bond motifs is 2. The fourth-order valence-corrected chi connectivity index (χ4v) is 3.44. The number of aromatic nitrogens is 1. The van der Waals surface area contributed by atoms with Crippen molar-refractivity contribution in [3.8, 4) is 6.07 Å². The van der Waals surface area contributed by atoms with Crippen LogP contribution in [0.3, 0.4) is 0 Å². The highest BCUT2D eigenvalue weighted by atomic mass is 16.5. The van der Waals surface area contributed by atoms with Gasteiger partial charge < -0.3 is 14.6 Å². The lowest BCUT2D eigenvalue weighted by molar-refractivity contribution is -0.147.